The van der Waals surface area contributed by atoms with E-state index in [4.69, 9.17) is 9.47 Å². The number of methoxy groups -OCH3 is 1. The van der Waals surface area contributed by atoms with Gasteiger partial charge in [0.15, 0.2) is 0 Å². The van der Waals surface area contributed by atoms with Crippen molar-refractivity contribution in [2.24, 2.45) is 17.3 Å². The molecule has 0 saturated carbocycles. The lowest BCUT2D eigenvalue weighted by molar-refractivity contribution is -0.145. The Morgan fingerprint density at radius 3 is 2.41 bits per heavy atom. The fourth-order valence-electron chi connectivity index (χ4n) is 9.80. The molecule has 0 aliphatic carbocycles. The Morgan fingerprint density at radius 2 is 1.77 bits per heavy atom. The number of likely N-dealkylation sites (tertiary alicyclic amines) is 1. The van der Waals surface area contributed by atoms with Gasteiger partial charge in [0.1, 0.15) is 18.6 Å². The molecule has 71 heavy (non-hydrogen) atoms. The van der Waals surface area contributed by atoms with Crippen molar-refractivity contribution in [1.82, 2.24) is 35.1 Å². The topological polar surface area (TPSA) is 155 Å². The molecule has 2 fully saturated rings. The highest BCUT2D eigenvalue weighted by atomic mass is 19.4. The summed E-state index contributed by atoms with van der Waals surface area (Å²) in [6.45, 7) is 12.6. The van der Waals surface area contributed by atoms with Crippen molar-refractivity contribution in [3.8, 4) is 22.4 Å². The minimum Gasteiger partial charge on any atom is -0.467 e. The number of carbonyl (C=O) groups is 5. The molecule has 4 atom stereocenters. The number of pyridine rings is 1. The van der Waals surface area contributed by atoms with Crippen LogP contribution in [0, 0.1) is 17.3 Å². The number of hydrazine groups is 1. The standard InChI is InChI=1S/C52H64F5N7O7/c1-9-43(66)62-20-16-35(27-62)49(68)61(7)45(31(2)3)48(67)60-41(50(69)64-19-11-10-18-59-64)23-33-21-36(24-37(22-33)47(53)54)34-14-15-42-39(25-34)40(26-51(5,6)29-71-30-65)46(63(42)28-52(55,56)57)38-13-12-17-58-44(38)32(4)70-8/h9,12-15,17,21-22,24-25,30-32,35,41,45,47,59H,1,10-11,16,18-20,23,26-29H2,2-8H3,(H,60,67). The van der Waals surface area contributed by atoms with E-state index >= 15 is 0 Å². The van der Waals surface area contributed by atoms with Crippen molar-refractivity contribution >= 4 is 41.0 Å². The van der Waals surface area contributed by atoms with Crippen LogP contribution in [0.4, 0.5) is 22.0 Å². The van der Waals surface area contributed by atoms with E-state index in [0.29, 0.717) is 66.7 Å². The third kappa shape index (κ3) is 12.8. The third-order valence-corrected chi connectivity index (χ3v) is 13.3. The number of amides is 4. The molecule has 2 aliphatic heterocycles. The first-order chi connectivity index (χ1) is 33.6. The van der Waals surface area contributed by atoms with E-state index < -0.39 is 72.0 Å². The van der Waals surface area contributed by atoms with Crippen molar-refractivity contribution in [2.45, 2.75) is 104 Å². The number of rotatable bonds is 20. The van der Waals surface area contributed by atoms with Crippen LogP contribution in [-0.2, 0) is 52.8 Å². The summed E-state index contributed by atoms with van der Waals surface area (Å²) >= 11 is 0. The number of benzene rings is 2. The Labute approximate surface area is 410 Å². The number of nitrogens with one attached hydrogen (secondary N) is 2. The Kier molecular flexibility index (Phi) is 17.5. The summed E-state index contributed by atoms with van der Waals surface area (Å²) in [6.07, 6.45) is -3.86. The van der Waals surface area contributed by atoms with Crippen LogP contribution in [0.1, 0.15) is 88.8 Å². The van der Waals surface area contributed by atoms with Crippen LogP contribution in [0.15, 0.2) is 67.4 Å². The quantitative estimate of drug-likeness (QED) is 0.0510. The van der Waals surface area contributed by atoms with E-state index in [1.165, 1.54) is 64.0 Å². The van der Waals surface area contributed by atoms with Gasteiger partial charge in [-0.1, -0.05) is 52.5 Å². The molecular formula is C52H64F5N7O7. The van der Waals surface area contributed by atoms with Gasteiger partial charge in [-0.25, -0.2) is 14.2 Å². The number of nitrogens with zero attached hydrogens (tertiary/aromatic N) is 5. The number of fused-ring (bicyclic) bond motifs is 1. The maximum absolute atomic E-state index is 15.0. The molecule has 2 saturated heterocycles. The van der Waals surface area contributed by atoms with Crippen molar-refractivity contribution < 1.29 is 55.4 Å². The zero-order valence-corrected chi connectivity index (χ0v) is 41.3. The van der Waals surface area contributed by atoms with E-state index in [0.717, 1.165) is 6.42 Å². The normalized spacial score (nSPS) is 16.8. The molecule has 0 bridgehead atoms. The number of hydrogen-bond acceptors (Lipinski definition) is 9. The van der Waals surface area contributed by atoms with E-state index in [9.17, 15) is 45.9 Å². The van der Waals surface area contributed by atoms with Gasteiger partial charge >= 0.3 is 6.18 Å². The van der Waals surface area contributed by atoms with E-state index in [1.807, 2.05) is 13.8 Å². The molecule has 0 radical (unpaired) electrons. The van der Waals surface area contributed by atoms with Crippen molar-refractivity contribution in [3.63, 3.8) is 0 Å². The van der Waals surface area contributed by atoms with Gasteiger partial charge < -0.3 is 29.2 Å². The molecule has 2 N–H and O–H groups in total. The highest BCUT2D eigenvalue weighted by Gasteiger charge is 2.40. The number of alkyl halides is 5. The summed E-state index contributed by atoms with van der Waals surface area (Å²) in [7, 11) is 2.97. The highest BCUT2D eigenvalue weighted by Crippen LogP contribution is 2.43. The number of likely N-dealkylation sites (N-methyl/N-ethyl adjacent to an activating group) is 1. The second-order valence-electron chi connectivity index (χ2n) is 19.6. The van der Waals surface area contributed by atoms with Crippen LogP contribution in [0.2, 0.25) is 0 Å². The Morgan fingerprint density at radius 1 is 1.03 bits per heavy atom. The summed E-state index contributed by atoms with van der Waals surface area (Å²) in [6, 6.07) is 9.82. The molecular weight excluding hydrogens is 930 g/mol. The average Bonchev–Trinajstić information content (AvgIpc) is 3.94. The fourth-order valence-corrected chi connectivity index (χ4v) is 9.80. The Hall–Kier alpha value is -6.21. The number of ether oxygens (including phenoxy) is 2. The summed E-state index contributed by atoms with van der Waals surface area (Å²) in [4.78, 5) is 73.7. The molecule has 384 valence electrons. The zero-order valence-electron chi connectivity index (χ0n) is 41.3. The van der Waals surface area contributed by atoms with Gasteiger partial charge in [-0.3, -0.25) is 34.0 Å². The lowest BCUT2D eigenvalue weighted by Crippen LogP contribution is -2.59. The van der Waals surface area contributed by atoms with Gasteiger partial charge in [-0.05, 0) is 97.2 Å². The van der Waals surface area contributed by atoms with Gasteiger partial charge in [-0.15, -0.1) is 0 Å². The van der Waals surface area contributed by atoms with Gasteiger partial charge in [0.2, 0.25) is 17.7 Å². The molecule has 4 aromatic rings. The minimum absolute atomic E-state index is 0.0683. The summed E-state index contributed by atoms with van der Waals surface area (Å²) in [5.41, 5.74) is 4.42. The molecule has 4 amide bonds. The summed E-state index contributed by atoms with van der Waals surface area (Å²) in [5.74, 6) is -2.81. The maximum Gasteiger partial charge on any atom is 0.406 e. The molecule has 4 unspecified atom stereocenters. The number of hydrogen-bond donors (Lipinski definition) is 2. The van der Waals surface area contributed by atoms with Crippen molar-refractivity contribution in [3.05, 3.63) is 89.8 Å². The lowest BCUT2D eigenvalue weighted by Gasteiger charge is -2.35. The molecule has 2 aromatic heterocycles. The zero-order chi connectivity index (χ0) is 51.9. The third-order valence-electron chi connectivity index (χ3n) is 13.3. The second-order valence-corrected chi connectivity index (χ2v) is 19.6. The molecule has 14 nitrogen and oxygen atoms in total. The van der Waals surface area contributed by atoms with Crippen LogP contribution < -0.4 is 10.7 Å². The molecule has 2 aliphatic rings. The molecule has 6 rings (SSSR count). The molecule has 19 heteroatoms. The van der Waals surface area contributed by atoms with E-state index in [2.05, 4.69) is 22.3 Å². The maximum atomic E-state index is 15.0. The second kappa shape index (κ2) is 22.9. The Balaban J connectivity index is 1.45. The van der Waals surface area contributed by atoms with Crippen LogP contribution in [0.5, 0.6) is 0 Å². The summed E-state index contributed by atoms with van der Waals surface area (Å²) < 4.78 is 85.9. The first-order valence-corrected chi connectivity index (χ1v) is 23.8. The first kappa shape index (κ1) is 54.1. The van der Waals surface area contributed by atoms with Crippen molar-refractivity contribution in [1.29, 1.82) is 0 Å². The smallest absolute Gasteiger partial charge is 0.406 e. The molecule has 0 spiro atoms. The summed E-state index contributed by atoms with van der Waals surface area (Å²) in [5, 5.41) is 4.66. The van der Waals surface area contributed by atoms with Crippen LogP contribution in [-0.4, -0.2) is 120 Å². The Bertz CT molecular complexity index is 2590. The predicted octanol–water partition coefficient (Wildman–Crippen LogP) is 7.99. The van der Waals surface area contributed by atoms with Gasteiger partial charge in [0, 0.05) is 80.4 Å². The first-order valence-electron chi connectivity index (χ1n) is 23.8. The predicted molar refractivity (Wildman–Crippen MR) is 257 cm³/mol. The average molecular weight is 994 g/mol. The number of halogens is 5. The van der Waals surface area contributed by atoms with Crippen LogP contribution in [0.3, 0.4) is 0 Å². The van der Waals surface area contributed by atoms with E-state index in [1.54, 1.807) is 51.1 Å². The number of aromatic nitrogens is 2. The lowest BCUT2D eigenvalue weighted by atomic mass is 9.84. The monoisotopic (exact) mass is 993 g/mol. The van der Waals surface area contributed by atoms with E-state index in [-0.39, 0.29) is 60.1 Å². The van der Waals surface area contributed by atoms with Gasteiger partial charge in [-0.2, -0.15) is 13.2 Å². The minimum atomic E-state index is -4.68. The SMILES string of the molecule is C=CC(=O)N1CCC(C(=O)N(C)C(C(=O)NC(Cc2cc(-c3ccc4c(c3)c(CC(C)(C)COC=O)c(-c3cccnc3C(C)OC)n4CC(F)(F)F)cc(C(F)F)c2)C(=O)N2CCCCN2)C(C)C)C1. The van der Waals surface area contributed by atoms with Crippen LogP contribution in [0.25, 0.3) is 33.3 Å². The van der Waals surface area contributed by atoms with Crippen molar-refractivity contribution in [2.75, 3.05) is 46.9 Å². The largest absolute Gasteiger partial charge is 0.467 e. The molecule has 4 heterocycles. The van der Waals surface area contributed by atoms with Gasteiger partial charge in [0.05, 0.1) is 30.0 Å². The van der Waals surface area contributed by atoms with Gasteiger partial charge in [0.25, 0.3) is 18.8 Å². The highest BCUT2D eigenvalue weighted by molar-refractivity contribution is 5.96. The number of carbonyl (C=O) groups excluding carboxylic acids is 5. The molecule has 2 aromatic carbocycles. The van der Waals surface area contributed by atoms with Crippen LogP contribution >= 0.6 is 0 Å². The fraction of sp³-hybridized carbons (Fsp3) is 0.500.